The van der Waals surface area contributed by atoms with E-state index in [1.165, 1.54) is 10.7 Å². The van der Waals surface area contributed by atoms with E-state index in [2.05, 4.69) is 10.4 Å². The molecule has 0 saturated carbocycles. The predicted molar refractivity (Wildman–Crippen MR) is 67.1 cm³/mol. The molecule has 0 aromatic carbocycles. The molecule has 6 heteroatoms. The minimum Gasteiger partial charge on any atom is -0.354 e. The first-order valence-electron chi connectivity index (χ1n) is 5.20. The molecule has 1 fully saturated rings. The molecule has 0 aliphatic carbocycles. The fourth-order valence-corrected chi connectivity index (χ4v) is 2.18. The summed E-state index contributed by atoms with van der Waals surface area (Å²) in [4.78, 5) is 23.5. The predicted octanol–water partition coefficient (Wildman–Crippen LogP) is 0.689. The second-order valence-corrected chi connectivity index (χ2v) is 5.00. The summed E-state index contributed by atoms with van der Waals surface area (Å²) in [6, 6.07) is 1.04. The van der Waals surface area contributed by atoms with Crippen LogP contribution in [-0.4, -0.2) is 22.2 Å². The van der Waals surface area contributed by atoms with Gasteiger partial charge in [-0.05, 0) is 41.9 Å². The molecule has 1 saturated heterocycles. The van der Waals surface area contributed by atoms with Crippen molar-refractivity contribution >= 4 is 28.5 Å². The Kier molecular flexibility index (Phi) is 3.57. The van der Waals surface area contributed by atoms with Crippen molar-refractivity contribution in [3.8, 4) is 0 Å². The number of nitrogens with zero attached hydrogens (tertiary/aromatic N) is 2. The van der Waals surface area contributed by atoms with Gasteiger partial charge in [-0.3, -0.25) is 9.59 Å². The summed E-state index contributed by atoms with van der Waals surface area (Å²) in [6.07, 6.45) is 4.17. The van der Waals surface area contributed by atoms with Crippen LogP contribution in [0.15, 0.2) is 17.1 Å². The zero-order valence-corrected chi connectivity index (χ0v) is 10.8. The van der Waals surface area contributed by atoms with Crippen LogP contribution in [0, 0.1) is 3.57 Å². The molecular formula is C10H12IN3O2. The van der Waals surface area contributed by atoms with Crippen molar-refractivity contribution in [1.29, 1.82) is 0 Å². The number of rotatable bonds is 1. The molecule has 0 radical (unpaired) electrons. The monoisotopic (exact) mass is 333 g/mol. The largest absolute Gasteiger partial charge is 0.354 e. The van der Waals surface area contributed by atoms with Crippen molar-refractivity contribution in [2.45, 2.75) is 25.3 Å². The van der Waals surface area contributed by atoms with E-state index in [-0.39, 0.29) is 11.5 Å². The quantitative estimate of drug-likeness (QED) is 0.769. The summed E-state index contributed by atoms with van der Waals surface area (Å²) in [5.41, 5.74) is -0.214. The van der Waals surface area contributed by atoms with Gasteiger partial charge < -0.3 is 5.32 Å². The van der Waals surface area contributed by atoms with Crippen LogP contribution in [-0.2, 0) is 4.79 Å². The van der Waals surface area contributed by atoms with E-state index in [9.17, 15) is 9.59 Å². The molecule has 5 nitrogen and oxygen atoms in total. The van der Waals surface area contributed by atoms with Crippen molar-refractivity contribution in [3.63, 3.8) is 0 Å². The first kappa shape index (κ1) is 11.6. The molecule has 1 atom stereocenters. The second-order valence-electron chi connectivity index (χ2n) is 3.76. The van der Waals surface area contributed by atoms with Gasteiger partial charge >= 0.3 is 0 Å². The van der Waals surface area contributed by atoms with Gasteiger partial charge in [-0.25, -0.2) is 4.68 Å². The maximum absolute atomic E-state index is 11.7. The fraction of sp³-hybridized carbons (Fsp3) is 0.500. The number of halogens is 1. The molecular weight excluding hydrogens is 321 g/mol. The van der Waals surface area contributed by atoms with Gasteiger partial charge in [0.1, 0.15) is 6.04 Å². The molecule has 86 valence electrons. The molecule has 1 N–H and O–H groups in total. The Hall–Kier alpha value is -0.920. The van der Waals surface area contributed by atoms with E-state index < -0.39 is 6.04 Å². The summed E-state index contributed by atoms with van der Waals surface area (Å²) < 4.78 is 2.07. The highest BCUT2D eigenvalue weighted by Gasteiger charge is 2.23. The number of hydrogen-bond donors (Lipinski definition) is 1. The van der Waals surface area contributed by atoms with Gasteiger partial charge in [-0.2, -0.15) is 5.10 Å². The lowest BCUT2D eigenvalue weighted by Gasteiger charge is -2.14. The van der Waals surface area contributed by atoms with Crippen LogP contribution in [0.3, 0.4) is 0 Å². The maximum atomic E-state index is 11.7. The summed E-state index contributed by atoms with van der Waals surface area (Å²) in [5, 5.41) is 6.82. The molecule has 0 spiro atoms. The lowest BCUT2D eigenvalue weighted by atomic mass is 10.1. The van der Waals surface area contributed by atoms with Crippen LogP contribution in [0.1, 0.15) is 25.3 Å². The molecule has 2 heterocycles. The van der Waals surface area contributed by atoms with Crippen LogP contribution >= 0.6 is 22.6 Å². The summed E-state index contributed by atoms with van der Waals surface area (Å²) in [5.74, 6) is -0.103. The van der Waals surface area contributed by atoms with Gasteiger partial charge in [0.05, 0.1) is 6.20 Å². The highest BCUT2D eigenvalue weighted by Crippen LogP contribution is 2.15. The zero-order chi connectivity index (χ0) is 11.5. The average Bonchev–Trinajstić information content (AvgIpc) is 2.44. The Morgan fingerprint density at radius 3 is 3.00 bits per heavy atom. The number of carbonyl (C=O) groups is 1. The van der Waals surface area contributed by atoms with Gasteiger partial charge in [-0.15, -0.1) is 0 Å². The number of carbonyl (C=O) groups excluding carboxylic acids is 1. The molecule has 1 aromatic heterocycles. The minimum absolute atomic E-state index is 0.103. The highest BCUT2D eigenvalue weighted by molar-refractivity contribution is 14.1. The Balaban J connectivity index is 2.34. The molecule has 1 unspecified atom stereocenters. The third-order valence-corrected chi connectivity index (χ3v) is 3.18. The zero-order valence-electron chi connectivity index (χ0n) is 8.65. The van der Waals surface area contributed by atoms with Crippen molar-refractivity contribution < 1.29 is 4.79 Å². The average molecular weight is 333 g/mol. The smallest absolute Gasteiger partial charge is 0.268 e. The first-order chi connectivity index (χ1) is 7.68. The third-order valence-electron chi connectivity index (χ3n) is 2.59. The fourth-order valence-electron chi connectivity index (χ4n) is 1.79. The molecule has 1 amide bonds. The minimum atomic E-state index is -0.452. The van der Waals surface area contributed by atoms with Crippen LogP contribution in [0.2, 0.25) is 0 Å². The summed E-state index contributed by atoms with van der Waals surface area (Å²) in [6.45, 7) is 0.689. The number of amides is 1. The molecule has 2 rings (SSSR count). The highest BCUT2D eigenvalue weighted by atomic mass is 127. The Labute approximate surface area is 106 Å². The SMILES string of the molecule is O=C1NCCCCC1n1ncc(I)cc1=O. The van der Waals surface area contributed by atoms with Gasteiger partial charge in [0.25, 0.3) is 5.56 Å². The van der Waals surface area contributed by atoms with Crippen molar-refractivity contribution in [2.75, 3.05) is 6.54 Å². The van der Waals surface area contributed by atoms with E-state index in [1.54, 1.807) is 6.20 Å². The van der Waals surface area contributed by atoms with Crippen molar-refractivity contribution in [2.24, 2.45) is 0 Å². The number of aromatic nitrogens is 2. The summed E-state index contributed by atoms with van der Waals surface area (Å²) >= 11 is 2.03. The maximum Gasteiger partial charge on any atom is 0.268 e. The molecule has 1 aromatic rings. The van der Waals surface area contributed by atoms with Crippen molar-refractivity contribution in [1.82, 2.24) is 15.1 Å². The van der Waals surface area contributed by atoms with Crippen LogP contribution in [0.5, 0.6) is 0 Å². The van der Waals surface area contributed by atoms with E-state index >= 15 is 0 Å². The summed E-state index contributed by atoms with van der Waals surface area (Å²) in [7, 11) is 0. The van der Waals surface area contributed by atoms with Crippen LogP contribution < -0.4 is 10.9 Å². The van der Waals surface area contributed by atoms with E-state index in [0.29, 0.717) is 13.0 Å². The first-order valence-corrected chi connectivity index (χ1v) is 6.28. The molecule has 16 heavy (non-hydrogen) atoms. The second kappa shape index (κ2) is 4.94. The topological polar surface area (TPSA) is 64.0 Å². The molecule has 1 aliphatic rings. The van der Waals surface area contributed by atoms with Crippen LogP contribution in [0.4, 0.5) is 0 Å². The van der Waals surface area contributed by atoms with Crippen molar-refractivity contribution in [3.05, 3.63) is 26.2 Å². The van der Waals surface area contributed by atoms with Crippen LogP contribution in [0.25, 0.3) is 0 Å². The normalized spacial score (nSPS) is 21.3. The third kappa shape index (κ3) is 2.42. The van der Waals surface area contributed by atoms with E-state index in [1.807, 2.05) is 22.6 Å². The van der Waals surface area contributed by atoms with E-state index in [4.69, 9.17) is 0 Å². The lowest BCUT2D eigenvalue weighted by Crippen LogP contribution is -2.37. The number of nitrogens with one attached hydrogen (secondary N) is 1. The molecule has 0 bridgehead atoms. The Morgan fingerprint density at radius 2 is 2.25 bits per heavy atom. The Morgan fingerprint density at radius 1 is 1.44 bits per heavy atom. The Bertz CT molecular complexity index is 458. The van der Waals surface area contributed by atoms with Gasteiger partial charge in [0.15, 0.2) is 0 Å². The standard InChI is InChI=1S/C10H12IN3O2/c11-7-5-9(15)14(13-6-7)8-3-1-2-4-12-10(8)16/h5-6,8H,1-4H2,(H,12,16). The van der Waals surface area contributed by atoms with E-state index in [0.717, 1.165) is 16.4 Å². The lowest BCUT2D eigenvalue weighted by molar-refractivity contribution is -0.124. The van der Waals surface area contributed by atoms with Gasteiger partial charge in [0.2, 0.25) is 5.91 Å². The van der Waals surface area contributed by atoms with Gasteiger partial charge in [-0.1, -0.05) is 0 Å². The number of hydrogen-bond acceptors (Lipinski definition) is 3. The molecule has 1 aliphatic heterocycles. The van der Waals surface area contributed by atoms with Gasteiger partial charge in [0, 0.05) is 16.2 Å².